The number of aryl methyl sites for hydroxylation is 4. The molecule has 13 rings (SSSR count). The Morgan fingerprint density at radius 2 is 0.468 bits per heavy atom. The molecule has 386 valence electrons. The summed E-state index contributed by atoms with van der Waals surface area (Å²) >= 11 is 0. The van der Waals surface area contributed by atoms with Crippen molar-refractivity contribution < 1.29 is 0 Å². The van der Waals surface area contributed by atoms with Crippen molar-refractivity contribution in [2.24, 2.45) is 0 Å². The zero-order valence-corrected chi connectivity index (χ0v) is 47.3. The number of benzene rings is 10. The maximum absolute atomic E-state index is 2.43. The van der Waals surface area contributed by atoms with Crippen LogP contribution in [0.3, 0.4) is 0 Å². The smallest absolute Gasteiger partial charge is 0.0490 e. The standard InChI is InChI=1S/C77H68N2/c1-49-19-11-15-23-71(49)78(72-24-16-12-20-50(72)2)57-35-41-63-61-39-33-55(45-67(61)76(7,8)69(63)47-57)29-27-53-31-37-59-60-38-32-54(44-66(60)75(5,6)65(59)43-53)28-30-56-34-40-62-64-42-36-58(48-70(64)77(9,10)68(62)46-56)79(73-25-17-13-21-51(73)3)74-26-18-14-22-52(74)4/h11-48H,1-10H3. The number of fused-ring (bicyclic) bond motifs is 9. The van der Waals surface area contributed by atoms with Crippen molar-refractivity contribution in [3.8, 4) is 33.4 Å². The number of hydrogen-bond acceptors (Lipinski definition) is 2. The van der Waals surface area contributed by atoms with E-state index in [-0.39, 0.29) is 16.2 Å². The van der Waals surface area contributed by atoms with E-state index in [1.54, 1.807) is 0 Å². The Labute approximate surface area is 468 Å². The van der Waals surface area contributed by atoms with Crippen molar-refractivity contribution in [3.05, 3.63) is 284 Å². The van der Waals surface area contributed by atoms with E-state index in [4.69, 9.17) is 0 Å². The Kier molecular flexibility index (Phi) is 11.8. The van der Waals surface area contributed by atoms with Gasteiger partial charge in [0.2, 0.25) is 0 Å². The van der Waals surface area contributed by atoms with Crippen LogP contribution in [0.25, 0.3) is 57.7 Å². The number of rotatable bonds is 10. The van der Waals surface area contributed by atoms with Gasteiger partial charge in [-0.3, -0.25) is 0 Å². The SMILES string of the molecule is Cc1ccccc1N(c1ccc2c(c1)C(C)(C)c1cc(C=Cc3ccc4c(c3)C(C)(C)c3cc(C=Cc5ccc6c(c5)C(C)(C)c5cc(N(c7ccccc7C)c7ccccc7C)ccc5-6)ccc3-4)ccc1-2)c1ccccc1C. The zero-order chi connectivity index (χ0) is 54.5. The highest BCUT2D eigenvalue weighted by molar-refractivity contribution is 5.91. The van der Waals surface area contributed by atoms with Gasteiger partial charge < -0.3 is 9.80 Å². The minimum atomic E-state index is -0.172. The lowest BCUT2D eigenvalue weighted by molar-refractivity contribution is 0.660. The molecular weight excluding hydrogens is 953 g/mol. The van der Waals surface area contributed by atoms with Crippen molar-refractivity contribution in [2.45, 2.75) is 85.5 Å². The first-order valence-electron chi connectivity index (χ1n) is 28.2. The molecule has 10 aromatic rings. The van der Waals surface area contributed by atoms with Crippen LogP contribution < -0.4 is 9.80 Å². The van der Waals surface area contributed by atoms with Gasteiger partial charge in [-0.2, -0.15) is 0 Å². The van der Waals surface area contributed by atoms with Gasteiger partial charge in [0.1, 0.15) is 0 Å². The zero-order valence-electron chi connectivity index (χ0n) is 47.3. The van der Waals surface area contributed by atoms with Crippen LogP contribution in [0.5, 0.6) is 0 Å². The molecule has 3 aliphatic rings. The van der Waals surface area contributed by atoms with Gasteiger partial charge in [0.05, 0.1) is 0 Å². The molecular formula is C77H68N2. The van der Waals surface area contributed by atoms with Crippen molar-refractivity contribution in [2.75, 3.05) is 9.80 Å². The average molecular weight is 1020 g/mol. The summed E-state index contributed by atoms with van der Waals surface area (Å²) in [5, 5.41) is 0. The minimum absolute atomic E-state index is 0.148. The normalized spacial score (nSPS) is 14.7. The third-order valence-corrected chi connectivity index (χ3v) is 18.0. The lowest BCUT2D eigenvalue weighted by Gasteiger charge is -2.30. The first-order chi connectivity index (χ1) is 38.1. The Morgan fingerprint density at radius 1 is 0.253 bits per heavy atom. The van der Waals surface area contributed by atoms with Crippen LogP contribution >= 0.6 is 0 Å². The molecule has 0 bridgehead atoms. The van der Waals surface area contributed by atoms with Crippen LogP contribution in [0.2, 0.25) is 0 Å². The monoisotopic (exact) mass is 1020 g/mol. The van der Waals surface area contributed by atoms with Crippen molar-refractivity contribution in [3.63, 3.8) is 0 Å². The summed E-state index contributed by atoms with van der Waals surface area (Å²) in [7, 11) is 0. The summed E-state index contributed by atoms with van der Waals surface area (Å²) < 4.78 is 0. The van der Waals surface area contributed by atoms with Gasteiger partial charge in [0.25, 0.3) is 0 Å². The first kappa shape index (κ1) is 49.8. The number of para-hydroxylation sites is 4. The van der Waals surface area contributed by atoms with E-state index < -0.39 is 0 Å². The van der Waals surface area contributed by atoms with E-state index in [9.17, 15) is 0 Å². The molecule has 79 heavy (non-hydrogen) atoms. The third-order valence-electron chi connectivity index (χ3n) is 18.0. The molecule has 0 saturated carbocycles. The van der Waals surface area contributed by atoms with Gasteiger partial charge in [0.15, 0.2) is 0 Å². The van der Waals surface area contributed by atoms with E-state index >= 15 is 0 Å². The fourth-order valence-electron chi connectivity index (χ4n) is 13.4. The van der Waals surface area contributed by atoms with Crippen LogP contribution in [-0.4, -0.2) is 0 Å². The average Bonchev–Trinajstić information content (AvgIpc) is 4.16. The van der Waals surface area contributed by atoms with Gasteiger partial charge in [-0.15, -0.1) is 0 Å². The van der Waals surface area contributed by atoms with Crippen LogP contribution in [-0.2, 0) is 16.2 Å². The van der Waals surface area contributed by atoms with Crippen LogP contribution in [0.1, 0.15) is 119 Å². The summed E-state index contributed by atoms with van der Waals surface area (Å²) in [4.78, 5) is 4.87. The highest BCUT2D eigenvalue weighted by Gasteiger charge is 2.39. The first-order valence-corrected chi connectivity index (χ1v) is 28.2. The molecule has 0 unspecified atom stereocenters. The second kappa shape index (κ2) is 18.7. The van der Waals surface area contributed by atoms with Gasteiger partial charge in [-0.1, -0.05) is 224 Å². The topological polar surface area (TPSA) is 6.48 Å². The Hall–Kier alpha value is -8.72. The van der Waals surface area contributed by atoms with Crippen molar-refractivity contribution >= 4 is 58.4 Å². The molecule has 0 aliphatic heterocycles. The lowest BCUT2D eigenvalue weighted by atomic mass is 9.81. The van der Waals surface area contributed by atoms with Gasteiger partial charge >= 0.3 is 0 Å². The molecule has 0 aromatic heterocycles. The Balaban J connectivity index is 0.736. The third kappa shape index (κ3) is 8.22. The fourth-order valence-corrected chi connectivity index (χ4v) is 13.4. The summed E-state index contributed by atoms with van der Waals surface area (Å²) in [5.41, 5.74) is 32.7. The molecule has 0 heterocycles. The molecule has 2 heteroatoms. The Morgan fingerprint density at radius 3 is 0.709 bits per heavy atom. The quantitative estimate of drug-likeness (QED) is 0.126. The molecule has 0 radical (unpaired) electrons. The number of nitrogens with zero attached hydrogens (tertiary/aromatic N) is 2. The largest absolute Gasteiger partial charge is 0.310 e. The van der Waals surface area contributed by atoms with Gasteiger partial charge in [0, 0.05) is 50.4 Å². The van der Waals surface area contributed by atoms with E-state index in [1.807, 2.05) is 0 Å². The molecule has 0 spiro atoms. The molecule has 0 saturated heterocycles. The molecule has 0 amide bonds. The molecule has 0 fully saturated rings. The van der Waals surface area contributed by atoms with Crippen molar-refractivity contribution in [1.82, 2.24) is 0 Å². The van der Waals surface area contributed by atoms with E-state index in [2.05, 4.69) is 310 Å². The molecule has 0 atom stereocenters. The fraction of sp³-hybridized carbons (Fsp3) is 0.169. The second-order valence-corrected chi connectivity index (χ2v) is 24.0. The predicted molar refractivity (Wildman–Crippen MR) is 338 cm³/mol. The Bertz CT molecular complexity index is 3820. The summed E-state index contributed by atoms with van der Waals surface area (Å²) in [6.45, 7) is 23.1. The highest BCUT2D eigenvalue weighted by Crippen LogP contribution is 2.54. The van der Waals surface area contributed by atoms with Gasteiger partial charge in [-0.05, 0) is 187 Å². The predicted octanol–water partition coefficient (Wildman–Crippen LogP) is 21.1. The molecule has 3 aliphatic carbocycles. The maximum Gasteiger partial charge on any atom is 0.0490 e. The number of hydrogen-bond donors (Lipinski definition) is 0. The highest BCUT2D eigenvalue weighted by atomic mass is 15.2. The van der Waals surface area contributed by atoms with Crippen LogP contribution in [0.15, 0.2) is 206 Å². The van der Waals surface area contributed by atoms with E-state index in [1.165, 1.54) is 145 Å². The van der Waals surface area contributed by atoms with Crippen LogP contribution in [0.4, 0.5) is 34.1 Å². The summed E-state index contributed by atoms with van der Waals surface area (Å²) in [5.74, 6) is 0. The minimum Gasteiger partial charge on any atom is -0.310 e. The molecule has 2 nitrogen and oxygen atoms in total. The van der Waals surface area contributed by atoms with E-state index in [0.29, 0.717) is 0 Å². The lowest BCUT2D eigenvalue weighted by Crippen LogP contribution is -2.17. The maximum atomic E-state index is 2.43. The van der Waals surface area contributed by atoms with Crippen molar-refractivity contribution in [1.29, 1.82) is 0 Å². The molecule has 10 aromatic carbocycles. The summed E-state index contributed by atoms with van der Waals surface area (Å²) in [6.07, 6.45) is 9.19. The summed E-state index contributed by atoms with van der Waals surface area (Å²) in [6, 6.07) is 77.2. The van der Waals surface area contributed by atoms with E-state index in [0.717, 1.165) is 0 Å². The number of anilines is 6. The van der Waals surface area contributed by atoms with Gasteiger partial charge in [-0.25, -0.2) is 0 Å². The second-order valence-electron chi connectivity index (χ2n) is 24.0. The molecule has 0 N–H and O–H groups in total. The van der Waals surface area contributed by atoms with Crippen LogP contribution in [0, 0.1) is 27.7 Å².